The Kier molecular flexibility index (Phi) is 5.58. The first-order valence-electron chi connectivity index (χ1n) is 8.94. The van der Waals surface area contributed by atoms with E-state index in [4.69, 9.17) is 4.42 Å². The first-order valence-corrected chi connectivity index (χ1v) is 8.94. The number of rotatable bonds is 5. The summed E-state index contributed by atoms with van der Waals surface area (Å²) in [4.78, 5) is 23.9. The number of para-hydroxylation sites is 1. The maximum atomic E-state index is 12.0. The van der Waals surface area contributed by atoms with Crippen LogP contribution >= 0.6 is 0 Å². The molecule has 1 fully saturated rings. The van der Waals surface area contributed by atoms with Gasteiger partial charge in [0, 0.05) is 11.4 Å². The minimum Gasteiger partial charge on any atom is -0.459 e. The molecule has 2 aromatic rings. The maximum absolute atomic E-state index is 12.0. The van der Waals surface area contributed by atoms with Gasteiger partial charge in [-0.1, -0.05) is 37.5 Å². The Morgan fingerprint density at radius 2 is 1.96 bits per heavy atom. The molecule has 1 atom stereocenters. The number of nitrogens with one attached hydrogen (secondary N) is 3. The van der Waals surface area contributed by atoms with Crippen LogP contribution < -0.4 is 16.0 Å². The van der Waals surface area contributed by atoms with Gasteiger partial charge in [0.2, 0.25) is 5.91 Å². The van der Waals surface area contributed by atoms with Crippen LogP contribution in [0, 0.1) is 0 Å². The normalized spacial score (nSPS) is 16.4. The van der Waals surface area contributed by atoms with Gasteiger partial charge in [-0.2, -0.15) is 0 Å². The quantitative estimate of drug-likeness (QED) is 0.779. The Morgan fingerprint density at radius 3 is 2.72 bits per heavy atom. The first-order chi connectivity index (χ1) is 12.1. The van der Waals surface area contributed by atoms with Crippen molar-refractivity contribution in [3.05, 3.63) is 36.1 Å². The summed E-state index contributed by atoms with van der Waals surface area (Å²) >= 11 is 0. The molecule has 3 amide bonds. The van der Waals surface area contributed by atoms with Crippen LogP contribution in [0.5, 0.6) is 0 Å². The Morgan fingerprint density at radius 1 is 1.20 bits per heavy atom. The lowest BCUT2D eigenvalue weighted by atomic mass is 9.96. The molecule has 0 aliphatic heterocycles. The highest BCUT2D eigenvalue weighted by atomic mass is 16.3. The van der Waals surface area contributed by atoms with Crippen molar-refractivity contribution in [3.8, 4) is 0 Å². The molecule has 1 aromatic heterocycles. The summed E-state index contributed by atoms with van der Waals surface area (Å²) in [5.41, 5.74) is 0.795. The second-order valence-corrected chi connectivity index (χ2v) is 6.64. The van der Waals surface area contributed by atoms with E-state index in [9.17, 15) is 9.59 Å². The van der Waals surface area contributed by atoms with E-state index >= 15 is 0 Å². The van der Waals surface area contributed by atoms with Crippen LogP contribution in [0.2, 0.25) is 0 Å². The average molecular weight is 343 g/mol. The Balaban J connectivity index is 1.44. The van der Waals surface area contributed by atoms with Crippen molar-refractivity contribution in [2.24, 2.45) is 0 Å². The van der Waals surface area contributed by atoms with Crippen molar-refractivity contribution in [2.45, 2.75) is 51.1 Å². The van der Waals surface area contributed by atoms with Gasteiger partial charge in [0.15, 0.2) is 0 Å². The van der Waals surface area contributed by atoms with E-state index in [1.54, 1.807) is 0 Å². The van der Waals surface area contributed by atoms with Gasteiger partial charge < -0.3 is 20.4 Å². The van der Waals surface area contributed by atoms with E-state index in [0.29, 0.717) is 5.76 Å². The number of furan rings is 1. The molecule has 1 heterocycles. The molecule has 6 nitrogen and oxygen atoms in total. The number of fused-ring (bicyclic) bond motifs is 1. The van der Waals surface area contributed by atoms with E-state index in [-0.39, 0.29) is 30.6 Å². The molecule has 134 valence electrons. The largest absolute Gasteiger partial charge is 0.459 e. The first kappa shape index (κ1) is 17.3. The van der Waals surface area contributed by atoms with Crippen LogP contribution in [0.3, 0.4) is 0 Å². The molecule has 0 spiro atoms. The molecule has 1 saturated carbocycles. The third-order valence-electron chi connectivity index (χ3n) is 4.60. The second kappa shape index (κ2) is 8.05. The van der Waals surface area contributed by atoms with Gasteiger partial charge >= 0.3 is 6.03 Å². The van der Waals surface area contributed by atoms with Crippen LogP contribution in [-0.4, -0.2) is 24.5 Å². The molecule has 1 aromatic carbocycles. The molecule has 25 heavy (non-hydrogen) atoms. The molecule has 1 aliphatic carbocycles. The second-order valence-electron chi connectivity index (χ2n) is 6.64. The zero-order valence-corrected chi connectivity index (χ0v) is 14.5. The number of amides is 3. The summed E-state index contributed by atoms with van der Waals surface area (Å²) in [6, 6.07) is 9.32. The van der Waals surface area contributed by atoms with Gasteiger partial charge in [-0.3, -0.25) is 4.79 Å². The van der Waals surface area contributed by atoms with Crippen LogP contribution in [0.25, 0.3) is 11.0 Å². The predicted molar refractivity (Wildman–Crippen MR) is 96.2 cm³/mol. The molecule has 0 bridgehead atoms. The summed E-state index contributed by atoms with van der Waals surface area (Å²) in [5.74, 6) is 0.452. The van der Waals surface area contributed by atoms with E-state index in [2.05, 4.69) is 16.0 Å². The molecule has 0 unspecified atom stereocenters. The molecular formula is C19H25N3O3. The third kappa shape index (κ3) is 4.75. The van der Waals surface area contributed by atoms with Crippen molar-refractivity contribution in [1.82, 2.24) is 16.0 Å². The number of urea groups is 1. The van der Waals surface area contributed by atoms with Crippen LogP contribution in [0.4, 0.5) is 4.79 Å². The molecule has 1 aliphatic rings. The lowest BCUT2D eigenvalue weighted by molar-refractivity contribution is -0.120. The van der Waals surface area contributed by atoms with E-state index in [1.807, 2.05) is 37.3 Å². The molecule has 3 rings (SSSR count). The molecule has 3 N–H and O–H groups in total. The summed E-state index contributed by atoms with van der Waals surface area (Å²) in [6.07, 6.45) is 5.58. The average Bonchev–Trinajstić information content (AvgIpc) is 3.05. The van der Waals surface area contributed by atoms with Gasteiger partial charge in [-0.05, 0) is 31.9 Å². The fourth-order valence-corrected chi connectivity index (χ4v) is 3.22. The zero-order valence-electron chi connectivity index (χ0n) is 14.5. The highest BCUT2D eigenvalue weighted by molar-refractivity contribution is 5.84. The Labute approximate surface area is 147 Å². The van der Waals surface area contributed by atoms with Gasteiger partial charge in [0.1, 0.15) is 11.3 Å². The number of hydrogen-bond donors (Lipinski definition) is 3. The number of carbonyl (C=O) groups is 2. The highest BCUT2D eigenvalue weighted by Gasteiger charge is 2.17. The summed E-state index contributed by atoms with van der Waals surface area (Å²) in [5, 5.41) is 9.39. The van der Waals surface area contributed by atoms with Gasteiger partial charge in [-0.25, -0.2) is 4.79 Å². The molecular weight excluding hydrogens is 318 g/mol. The third-order valence-corrected chi connectivity index (χ3v) is 4.60. The minimum absolute atomic E-state index is 0.0525. The number of hydrogen-bond acceptors (Lipinski definition) is 3. The van der Waals surface area contributed by atoms with Crippen LogP contribution in [0.15, 0.2) is 34.7 Å². The smallest absolute Gasteiger partial charge is 0.315 e. The van der Waals surface area contributed by atoms with Crippen LogP contribution in [0.1, 0.15) is 50.8 Å². The van der Waals surface area contributed by atoms with E-state index < -0.39 is 0 Å². The van der Waals surface area contributed by atoms with Crippen molar-refractivity contribution < 1.29 is 14.0 Å². The Hall–Kier alpha value is -2.50. The number of carbonyl (C=O) groups excluding carboxylic acids is 2. The monoisotopic (exact) mass is 343 g/mol. The fourth-order valence-electron chi connectivity index (χ4n) is 3.22. The minimum atomic E-state index is -0.279. The van der Waals surface area contributed by atoms with Crippen molar-refractivity contribution >= 4 is 22.9 Å². The van der Waals surface area contributed by atoms with E-state index in [0.717, 1.165) is 36.7 Å². The zero-order chi connectivity index (χ0) is 17.6. The van der Waals surface area contributed by atoms with Gasteiger partial charge in [0.05, 0.1) is 12.6 Å². The van der Waals surface area contributed by atoms with Crippen molar-refractivity contribution in [3.63, 3.8) is 0 Å². The van der Waals surface area contributed by atoms with E-state index in [1.165, 1.54) is 6.42 Å². The summed E-state index contributed by atoms with van der Waals surface area (Å²) in [7, 11) is 0. The van der Waals surface area contributed by atoms with Gasteiger partial charge in [0.25, 0.3) is 0 Å². The maximum Gasteiger partial charge on any atom is 0.315 e. The van der Waals surface area contributed by atoms with Gasteiger partial charge in [-0.15, -0.1) is 0 Å². The predicted octanol–water partition coefficient (Wildman–Crippen LogP) is 3.24. The number of benzene rings is 1. The SMILES string of the molecule is C[C@H](NC(=O)CNC(=O)NC1CCCCC1)c1cc2ccccc2o1. The lowest BCUT2D eigenvalue weighted by Crippen LogP contribution is -2.46. The topological polar surface area (TPSA) is 83.4 Å². The summed E-state index contributed by atoms with van der Waals surface area (Å²) < 4.78 is 5.74. The fraction of sp³-hybridized carbons (Fsp3) is 0.474. The summed E-state index contributed by atoms with van der Waals surface area (Å²) in [6.45, 7) is 1.81. The van der Waals surface area contributed by atoms with Crippen molar-refractivity contribution in [1.29, 1.82) is 0 Å². The molecule has 0 saturated heterocycles. The lowest BCUT2D eigenvalue weighted by Gasteiger charge is -2.22. The van der Waals surface area contributed by atoms with Crippen LogP contribution in [-0.2, 0) is 4.79 Å². The molecule has 6 heteroatoms. The Bertz CT molecular complexity index is 701. The standard InChI is InChI=1S/C19H25N3O3/c1-13(17-11-14-7-5-6-10-16(14)25-17)21-18(23)12-20-19(24)22-15-8-3-2-4-9-15/h5-7,10-11,13,15H,2-4,8-9,12H2,1H3,(H,21,23)(H2,20,22,24)/t13-/m0/s1. The molecule has 0 radical (unpaired) electrons. The highest BCUT2D eigenvalue weighted by Crippen LogP contribution is 2.23. The van der Waals surface area contributed by atoms with Crippen molar-refractivity contribution in [2.75, 3.05) is 6.54 Å².